The highest BCUT2D eigenvalue weighted by Gasteiger charge is 2.19. The molecule has 17 heavy (non-hydrogen) atoms. The van der Waals surface area contributed by atoms with Crippen molar-refractivity contribution in [2.24, 2.45) is 0 Å². The van der Waals surface area contributed by atoms with Crippen molar-refractivity contribution in [1.82, 2.24) is 0 Å². The normalized spacial score (nSPS) is 9.47. The number of carbonyl (C=O) groups is 1. The fourth-order valence-electron chi connectivity index (χ4n) is 1.48. The Labute approximate surface area is 99.3 Å². The molecule has 1 aromatic rings. The van der Waals surface area contributed by atoms with Crippen LogP contribution in [0.3, 0.4) is 0 Å². The van der Waals surface area contributed by atoms with Crippen LogP contribution in [0.4, 0.5) is 0 Å². The lowest BCUT2D eigenvalue weighted by molar-refractivity contribution is -0.137. The van der Waals surface area contributed by atoms with Crippen molar-refractivity contribution in [3.8, 4) is 5.75 Å². The average Bonchev–Trinajstić information content (AvgIpc) is 2.36. The molecule has 0 aliphatic rings. The van der Waals surface area contributed by atoms with Crippen LogP contribution in [0.2, 0.25) is 0 Å². The van der Waals surface area contributed by atoms with Gasteiger partial charge in [0.05, 0.1) is 13.5 Å². The number of aryl methyl sites for hydroxylation is 1. The van der Waals surface area contributed by atoms with E-state index in [1.807, 2.05) is 12.1 Å². The van der Waals surface area contributed by atoms with Crippen molar-refractivity contribution >= 4 is 11.7 Å². The Morgan fingerprint density at radius 2 is 2.18 bits per heavy atom. The number of nitrogens with zero attached hydrogens (tertiary/aromatic N) is 2. The maximum atomic E-state index is 11.1. The number of hydrogen-bond donors (Lipinski definition) is 1. The molecule has 0 aromatic heterocycles. The first kappa shape index (κ1) is 12.9. The zero-order valence-corrected chi connectivity index (χ0v) is 9.59. The smallest absolute Gasteiger partial charge is 0.416 e. The molecular formula is C12H14N2O3. The molecule has 5 nitrogen and oxygen atoms in total. The molecule has 0 saturated carbocycles. The second kappa shape index (κ2) is 6.45. The fourth-order valence-corrected chi connectivity index (χ4v) is 1.48. The van der Waals surface area contributed by atoms with Crippen LogP contribution >= 0.6 is 0 Å². The fraction of sp³-hybridized carbons (Fsp3) is 0.333. The second-order valence-electron chi connectivity index (χ2n) is 3.52. The van der Waals surface area contributed by atoms with E-state index in [2.05, 4.69) is 9.53 Å². The SMILES string of the molecule is COC(=O)C(CCCc1ccccc1O)=[N+]=[N-]. The number of phenols is 1. The first-order valence-corrected chi connectivity index (χ1v) is 5.25. The lowest BCUT2D eigenvalue weighted by Gasteiger charge is -2.02. The van der Waals surface area contributed by atoms with E-state index >= 15 is 0 Å². The third-order valence-electron chi connectivity index (χ3n) is 2.39. The molecule has 0 saturated heterocycles. The minimum Gasteiger partial charge on any atom is -0.508 e. The van der Waals surface area contributed by atoms with Crippen molar-refractivity contribution in [2.45, 2.75) is 19.3 Å². The largest absolute Gasteiger partial charge is 0.508 e. The van der Waals surface area contributed by atoms with Crippen molar-refractivity contribution in [3.05, 3.63) is 35.4 Å². The Hall–Kier alpha value is -2.13. The van der Waals surface area contributed by atoms with Gasteiger partial charge in [-0.15, -0.1) is 0 Å². The summed E-state index contributed by atoms with van der Waals surface area (Å²) in [5.41, 5.74) is 9.41. The minimum atomic E-state index is -0.634. The summed E-state index contributed by atoms with van der Waals surface area (Å²) in [4.78, 5) is 14.0. The molecular weight excluding hydrogens is 220 g/mol. The van der Waals surface area contributed by atoms with Gasteiger partial charge in [-0.3, -0.25) is 0 Å². The second-order valence-corrected chi connectivity index (χ2v) is 3.52. The Bertz CT molecular complexity index is 451. The topological polar surface area (TPSA) is 82.9 Å². The van der Waals surface area contributed by atoms with Gasteiger partial charge < -0.3 is 15.4 Å². The van der Waals surface area contributed by atoms with Gasteiger partial charge in [-0.05, 0) is 24.5 Å². The van der Waals surface area contributed by atoms with Gasteiger partial charge in [0.15, 0.2) is 0 Å². The maximum Gasteiger partial charge on any atom is 0.416 e. The van der Waals surface area contributed by atoms with Crippen molar-refractivity contribution in [1.29, 1.82) is 0 Å². The monoisotopic (exact) mass is 234 g/mol. The minimum absolute atomic E-state index is 0.0112. The zero-order chi connectivity index (χ0) is 12.7. The van der Waals surface area contributed by atoms with Gasteiger partial charge in [-0.25, -0.2) is 4.79 Å². The summed E-state index contributed by atoms with van der Waals surface area (Å²) >= 11 is 0. The van der Waals surface area contributed by atoms with E-state index in [4.69, 9.17) is 5.53 Å². The van der Waals surface area contributed by atoms with E-state index in [0.717, 1.165) is 5.56 Å². The molecule has 0 fully saturated rings. The Morgan fingerprint density at radius 1 is 1.47 bits per heavy atom. The number of para-hydroxylation sites is 1. The number of rotatable bonds is 5. The molecule has 0 bridgehead atoms. The number of methoxy groups -OCH3 is 1. The van der Waals surface area contributed by atoms with Crippen molar-refractivity contribution in [2.75, 3.05) is 7.11 Å². The molecule has 90 valence electrons. The summed E-state index contributed by atoms with van der Waals surface area (Å²) in [5, 5.41) is 9.52. The van der Waals surface area contributed by atoms with Crippen LogP contribution in [0.15, 0.2) is 24.3 Å². The molecule has 1 N–H and O–H groups in total. The van der Waals surface area contributed by atoms with Crippen LogP contribution in [0.25, 0.3) is 5.53 Å². The number of hydrogen-bond acceptors (Lipinski definition) is 3. The molecule has 0 amide bonds. The van der Waals surface area contributed by atoms with Gasteiger partial charge in [0.1, 0.15) is 5.75 Å². The first-order valence-electron chi connectivity index (χ1n) is 5.25. The van der Waals surface area contributed by atoms with Gasteiger partial charge >= 0.3 is 11.7 Å². The van der Waals surface area contributed by atoms with E-state index < -0.39 is 5.97 Å². The number of carbonyl (C=O) groups excluding carboxylic acids is 1. The van der Waals surface area contributed by atoms with Crippen molar-refractivity contribution < 1.29 is 19.4 Å². The van der Waals surface area contributed by atoms with Gasteiger partial charge in [0, 0.05) is 0 Å². The quantitative estimate of drug-likeness (QED) is 0.363. The molecule has 0 aliphatic carbocycles. The van der Waals surface area contributed by atoms with Crippen LogP contribution in [0.1, 0.15) is 18.4 Å². The number of esters is 1. The predicted molar refractivity (Wildman–Crippen MR) is 61.7 cm³/mol. The molecule has 0 radical (unpaired) electrons. The van der Waals surface area contributed by atoms with Crippen LogP contribution < -0.4 is 0 Å². The molecule has 5 heteroatoms. The molecule has 0 heterocycles. The molecule has 0 unspecified atom stereocenters. The predicted octanol–water partition coefficient (Wildman–Crippen LogP) is 1.56. The summed E-state index contributed by atoms with van der Waals surface area (Å²) in [7, 11) is 1.23. The van der Waals surface area contributed by atoms with Crippen LogP contribution in [0, 0.1) is 0 Å². The number of phenolic OH excluding ortho intramolecular Hbond substituents is 1. The molecule has 0 atom stereocenters. The lowest BCUT2D eigenvalue weighted by Crippen LogP contribution is -2.16. The molecule has 0 aliphatic heterocycles. The zero-order valence-electron chi connectivity index (χ0n) is 9.59. The van der Waals surface area contributed by atoms with Gasteiger partial charge in [0.2, 0.25) is 0 Å². The van der Waals surface area contributed by atoms with Crippen molar-refractivity contribution in [3.63, 3.8) is 0 Å². The van der Waals surface area contributed by atoms with E-state index in [1.165, 1.54) is 7.11 Å². The summed E-state index contributed by atoms with van der Waals surface area (Å²) in [6, 6.07) is 6.99. The van der Waals surface area contributed by atoms with E-state index in [-0.39, 0.29) is 11.5 Å². The van der Waals surface area contributed by atoms with E-state index in [1.54, 1.807) is 12.1 Å². The Balaban J connectivity index is 2.51. The Kier molecular flexibility index (Phi) is 4.91. The highest BCUT2D eigenvalue weighted by Crippen LogP contribution is 2.17. The molecule has 1 aromatic carbocycles. The summed E-state index contributed by atoms with van der Waals surface area (Å²) < 4.78 is 4.45. The van der Waals surface area contributed by atoms with E-state index in [0.29, 0.717) is 19.3 Å². The lowest BCUT2D eigenvalue weighted by atomic mass is 10.1. The van der Waals surface area contributed by atoms with Crippen LogP contribution in [-0.2, 0) is 16.0 Å². The average molecular weight is 234 g/mol. The van der Waals surface area contributed by atoms with Gasteiger partial charge in [-0.2, -0.15) is 4.79 Å². The standard InChI is InChI=1S/C12H14N2O3/c1-17-12(16)10(14-13)7-4-6-9-5-2-3-8-11(9)15/h2-3,5,8,15H,4,6-7H2,1H3. The van der Waals surface area contributed by atoms with Crippen LogP contribution in [-0.4, -0.2) is 28.7 Å². The Morgan fingerprint density at radius 3 is 2.76 bits per heavy atom. The number of benzene rings is 1. The van der Waals surface area contributed by atoms with Crippen LogP contribution in [0.5, 0.6) is 5.75 Å². The number of ether oxygens (including phenoxy) is 1. The highest BCUT2D eigenvalue weighted by molar-refractivity contribution is 6.33. The number of aromatic hydroxyl groups is 1. The summed E-state index contributed by atoms with van der Waals surface area (Å²) in [5.74, 6) is -0.405. The van der Waals surface area contributed by atoms with Gasteiger partial charge in [0.25, 0.3) is 0 Å². The summed E-state index contributed by atoms with van der Waals surface area (Å²) in [6.45, 7) is 0. The molecule has 0 spiro atoms. The third-order valence-corrected chi connectivity index (χ3v) is 2.39. The maximum absolute atomic E-state index is 11.1. The van der Waals surface area contributed by atoms with Gasteiger partial charge in [-0.1, -0.05) is 18.2 Å². The van der Waals surface area contributed by atoms with E-state index in [9.17, 15) is 9.90 Å². The highest BCUT2D eigenvalue weighted by atomic mass is 16.5. The molecule has 1 rings (SSSR count). The summed E-state index contributed by atoms with van der Waals surface area (Å²) in [6.07, 6.45) is 1.49. The first-order chi connectivity index (χ1) is 8.19. The third kappa shape index (κ3) is 3.74.